The second-order valence-corrected chi connectivity index (χ2v) is 3.26. The highest BCUT2D eigenvalue weighted by Gasteiger charge is 2.16. The molecule has 6 nitrogen and oxygen atoms in total. The molecule has 0 aliphatic rings. The molecule has 0 aromatic carbocycles. The monoisotopic (exact) mass is 210 g/mol. The van der Waals surface area contributed by atoms with Gasteiger partial charge in [-0.25, -0.2) is 9.55 Å². The third-order valence-electron chi connectivity index (χ3n) is 1.89. The fraction of sp³-hybridized carbons (Fsp3) is 0.444. The summed E-state index contributed by atoms with van der Waals surface area (Å²) in [5, 5.41) is 10.6. The van der Waals surface area contributed by atoms with E-state index in [-0.39, 0.29) is 5.82 Å². The Bertz CT molecular complexity index is 381. The average Bonchev–Trinajstić information content (AvgIpc) is 2.57. The summed E-state index contributed by atoms with van der Waals surface area (Å²) in [6.45, 7) is 2.38. The lowest BCUT2D eigenvalue weighted by molar-refractivity contribution is -0.392. The zero-order chi connectivity index (χ0) is 11.4. The molecule has 0 N–H and O–H groups in total. The molecule has 1 aromatic heterocycles. The lowest BCUT2D eigenvalue weighted by Gasteiger charge is -2.02. The van der Waals surface area contributed by atoms with Crippen LogP contribution in [0.3, 0.4) is 0 Å². The zero-order valence-electron chi connectivity index (χ0n) is 9.04. The van der Waals surface area contributed by atoms with Gasteiger partial charge in [0.2, 0.25) is 5.82 Å². The van der Waals surface area contributed by atoms with Gasteiger partial charge in [-0.3, -0.25) is 0 Å². The van der Waals surface area contributed by atoms with E-state index in [0.29, 0.717) is 12.4 Å². The van der Waals surface area contributed by atoms with Crippen molar-refractivity contribution in [3.8, 4) is 0 Å². The predicted molar refractivity (Wildman–Crippen MR) is 57.3 cm³/mol. The Hall–Kier alpha value is -1.85. The third-order valence-corrected chi connectivity index (χ3v) is 1.89. The summed E-state index contributed by atoms with van der Waals surface area (Å²) in [6, 6.07) is 0. The summed E-state index contributed by atoms with van der Waals surface area (Å²) >= 11 is 0. The molecule has 0 unspecified atom stereocenters. The molecule has 0 atom stereocenters. The largest absolute Gasteiger partial charge is 0.383 e. The Kier molecular flexibility index (Phi) is 3.43. The first-order valence-corrected chi connectivity index (χ1v) is 4.60. The minimum atomic E-state index is -0.427. The standard InChI is InChI=1S/C9H14N4O2/c1-4-12-8(5-6-11(2)3)10-7-9(12)13(14)15/h5-7H,4H2,1-3H3. The Balaban J connectivity index is 3.04. The van der Waals surface area contributed by atoms with Gasteiger partial charge in [-0.05, 0) is 11.8 Å². The molecule has 6 heteroatoms. The van der Waals surface area contributed by atoms with Gasteiger partial charge in [0.25, 0.3) is 0 Å². The second-order valence-electron chi connectivity index (χ2n) is 3.26. The Labute approximate surface area is 88.0 Å². The van der Waals surface area contributed by atoms with Gasteiger partial charge in [-0.2, -0.15) is 0 Å². The first-order chi connectivity index (χ1) is 7.06. The SMILES string of the molecule is CCn1c([N+](=O)[O-])cnc1C=CN(C)C. The average molecular weight is 210 g/mol. The maximum atomic E-state index is 10.6. The summed E-state index contributed by atoms with van der Waals surface area (Å²) in [5.74, 6) is 0.619. The lowest BCUT2D eigenvalue weighted by atomic mass is 10.5. The Morgan fingerprint density at radius 3 is 2.80 bits per heavy atom. The van der Waals surface area contributed by atoms with Crippen LogP contribution >= 0.6 is 0 Å². The van der Waals surface area contributed by atoms with Crippen LogP contribution in [0.2, 0.25) is 0 Å². The highest BCUT2D eigenvalue weighted by molar-refractivity contribution is 5.43. The number of nitro groups is 1. The fourth-order valence-electron chi connectivity index (χ4n) is 1.20. The summed E-state index contributed by atoms with van der Waals surface area (Å²) in [6.07, 6.45) is 4.83. The number of hydrogen-bond donors (Lipinski definition) is 0. The van der Waals surface area contributed by atoms with Crippen molar-refractivity contribution in [2.24, 2.45) is 0 Å². The molecular weight excluding hydrogens is 196 g/mol. The molecule has 82 valence electrons. The number of aromatic nitrogens is 2. The number of hydrogen-bond acceptors (Lipinski definition) is 4. The fourth-order valence-corrected chi connectivity index (χ4v) is 1.20. The van der Waals surface area contributed by atoms with E-state index in [1.165, 1.54) is 6.20 Å². The topological polar surface area (TPSA) is 64.2 Å². The van der Waals surface area contributed by atoms with Crippen LogP contribution in [0.25, 0.3) is 6.08 Å². The van der Waals surface area contributed by atoms with Crippen molar-refractivity contribution in [3.63, 3.8) is 0 Å². The van der Waals surface area contributed by atoms with E-state index in [2.05, 4.69) is 4.98 Å². The van der Waals surface area contributed by atoms with Gasteiger partial charge in [0, 0.05) is 26.4 Å². The van der Waals surface area contributed by atoms with Crippen molar-refractivity contribution >= 4 is 11.9 Å². The molecule has 0 aliphatic carbocycles. The summed E-state index contributed by atoms with van der Waals surface area (Å²) in [7, 11) is 3.76. The molecule has 15 heavy (non-hydrogen) atoms. The molecule has 0 aliphatic heterocycles. The van der Waals surface area contributed by atoms with Crippen molar-refractivity contribution in [1.82, 2.24) is 14.5 Å². The van der Waals surface area contributed by atoms with Crippen LogP contribution in [-0.2, 0) is 6.54 Å². The van der Waals surface area contributed by atoms with Crippen molar-refractivity contribution in [3.05, 3.63) is 28.3 Å². The summed E-state index contributed by atoms with van der Waals surface area (Å²) in [5.41, 5.74) is 0. The molecule has 0 amide bonds. The molecule has 0 spiro atoms. The maximum absolute atomic E-state index is 10.6. The van der Waals surface area contributed by atoms with Gasteiger partial charge in [-0.15, -0.1) is 0 Å². The van der Waals surface area contributed by atoms with Crippen LogP contribution in [0.1, 0.15) is 12.7 Å². The van der Waals surface area contributed by atoms with Gasteiger partial charge < -0.3 is 15.0 Å². The molecule has 0 saturated heterocycles. The van der Waals surface area contributed by atoms with Crippen LogP contribution in [0, 0.1) is 10.1 Å². The van der Waals surface area contributed by atoms with Crippen LogP contribution in [0.15, 0.2) is 12.4 Å². The second kappa shape index (κ2) is 4.59. The summed E-state index contributed by atoms with van der Waals surface area (Å²) in [4.78, 5) is 16.1. The van der Waals surface area contributed by atoms with Gasteiger partial charge in [0.15, 0.2) is 0 Å². The van der Waals surface area contributed by atoms with E-state index in [1.807, 2.05) is 25.9 Å². The van der Waals surface area contributed by atoms with E-state index in [9.17, 15) is 10.1 Å². The molecule has 0 radical (unpaired) electrons. The quantitative estimate of drug-likeness (QED) is 0.555. The van der Waals surface area contributed by atoms with Crippen molar-refractivity contribution in [2.45, 2.75) is 13.5 Å². The van der Waals surface area contributed by atoms with Gasteiger partial charge in [0.1, 0.15) is 6.20 Å². The minimum absolute atomic E-state index is 0.0240. The lowest BCUT2D eigenvalue weighted by Crippen LogP contribution is -2.04. The van der Waals surface area contributed by atoms with Crippen molar-refractivity contribution in [1.29, 1.82) is 0 Å². The van der Waals surface area contributed by atoms with Crippen molar-refractivity contribution in [2.75, 3.05) is 14.1 Å². The maximum Gasteiger partial charge on any atom is 0.343 e. The Morgan fingerprint density at radius 1 is 1.67 bits per heavy atom. The van der Waals surface area contributed by atoms with E-state index in [4.69, 9.17) is 0 Å². The van der Waals surface area contributed by atoms with E-state index in [1.54, 1.807) is 16.8 Å². The van der Waals surface area contributed by atoms with Crippen LogP contribution in [-0.4, -0.2) is 33.5 Å². The first-order valence-electron chi connectivity index (χ1n) is 4.60. The molecule has 0 bridgehead atoms. The first kappa shape index (κ1) is 11.2. The van der Waals surface area contributed by atoms with Crippen LogP contribution in [0.5, 0.6) is 0 Å². The normalized spacial score (nSPS) is 10.9. The number of rotatable bonds is 4. The molecule has 1 heterocycles. The highest BCUT2D eigenvalue weighted by atomic mass is 16.6. The highest BCUT2D eigenvalue weighted by Crippen LogP contribution is 2.14. The molecule has 0 fully saturated rings. The molecule has 1 rings (SSSR count). The van der Waals surface area contributed by atoms with E-state index < -0.39 is 4.92 Å². The summed E-state index contributed by atoms with van der Waals surface area (Å²) < 4.78 is 1.56. The molecular formula is C9H14N4O2. The van der Waals surface area contributed by atoms with Gasteiger partial charge in [-0.1, -0.05) is 0 Å². The zero-order valence-corrected chi connectivity index (χ0v) is 9.04. The van der Waals surface area contributed by atoms with Crippen LogP contribution in [0.4, 0.5) is 5.82 Å². The number of nitrogens with zero attached hydrogens (tertiary/aromatic N) is 4. The van der Waals surface area contributed by atoms with Gasteiger partial charge >= 0.3 is 5.82 Å². The minimum Gasteiger partial charge on any atom is -0.383 e. The van der Waals surface area contributed by atoms with Crippen molar-refractivity contribution < 1.29 is 4.92 Å². The smallest absolute Gasteiger partial charge is 0.343 e. The number of imidazole rings is 1. The predicted octanol–water partition coefficient (Wildman–Crippen LogP) is 1.34. The van der Waals surface area contributed by atoms with Crippen LogP contribution < -0.4 is 0 Å². The molecule has 0 saturated carbocycles. The third kappa shape index (κ3) is 2.55. The van der Waals surface area contributed by atoms with E-state index >= 15 is 0 Å². The molecule has 1 aromatic rings. The Morgan fingerprint density at radius 2 is 2.33 bits per heavy atom. The van der Waals surface area contributed by atoms with E-state index in [0.717, 1.165) is 0 Å². The van der Waals surface area contributed by atoms with Gasteiger partial charge in [0.05, 0.1) is 6.54 Å².